The van der Waals surface area contributed by atoms with Crippen LogP contribution in [0.1, 0.15) is 20.8 Å². The molecule has 4 aliphatic rings. The first-order valence-electron chi connectivity index (χ1n) is 11.8. The zero-order valence-electron chi connectivity index (χ0n) is 19.8. The normalized spacial score (nSPS) is 33.1. The predicted molar refractivity (Wildman–Crippen MR) is 126 cm³/mol. The molecule has 1 unspecified atom stereocenters. The van der Waals surface area contributed by atoms with Crippen molar-refractivity contribution in [3.63, 3.8) is 0 Å². The van der Waals surface area contributed by atoms with Crippen LogP contribution < -0.4 is 4.90 Å². The quantitative estimate of drug-likeness (QED) is 0.681. The molecule has 4 aliphatic heterocycles. The lowest BCUT2D eigenvalue weighted by molar-refractivity contribution is -0.150. The summed E-state index contributed by atoms with van der Waals surface area (Å²) < 4.78 is 6.56. The first-order valence-corrected chi connectivity index (χ1v) is 11.8. The SMILES string of the molecule is CC(C)(C)N1CC=C[C@]23O[C@H]4C=CCN(c5ccccc5)C(=O)[C@H]4[C@H]2C(=O)N(CCO)C3C1=O. The number of benzene rings is 1. The summed E-state index contributed by atoms with van der Waals surface area (Å²) in [5.41, 5.74) is -0.987. The van der Waals surface area contributed by atoms with E-state index < -0.39 is 35.1 Å². The van der Waals surface area contributed by atoms with E-state index in [1.54, 1.807) is 9.80 Å². The molecule has 8 heteroatoms. The van der Waals surface area contributed by atoms with Gasteiger partial charge in [0, 0.05) is 30.9 Å². The van der Waals surface area contributed by atoms with Crippen LogP contribution in [0.4, 0.5) is 5.69 Å². The van der Waals surface area contributed by atoms with Crippen LogP contribution in [0, 0.1) is 11.8 Å². The zero-order chi connectivity index (χ0) is 24.3. The second-order valence-electron chi connectivity index (χ2n) is 10.3. The Balaban J connectivity index is 1.61. The summed E-state index contributed by atoms with van der Waals surface area (Å²) in [5.74, 6) is -2.36. The lowest BCUT2D eigenvalue weighted by Gasteiger charge is -2.40. The van der Waals surface area contributed by atoms with Gasteiger partial charge in [-0.1, -0.05) is 42.5 Å². The molecule has 8 nitrogen and oxygen atoms in total. The number of hydrogen-bond acceptors (Lipinski definition) is 5. The summed E-state index contributed by atoms with van der Waals surface area (Å²) in [4.78, 5) is 46.5. The Morgan fingerprint density at radius 3 is 2.44 bits per heavy atom. The number of carbonyl (C=O) groups is 3. The van der Waals surface area contributed by atoms with Crippen LogP contribution in [-0.4, -0.2) is 82.2 Å². The summed E-state index contributed by atoms with van der Waals surface area (Å²) in [6, 6.07) is 8.42. The molecule has 1 N–H and O–H groups in total. The Labute approximate surface area is 199 Å². The molecule has 180 valence electrons. The topological polar surface area (TPSA) is 90.4 Å². The number of aliphatic hydroxyl groups is 1. The number of β-amino-alcohol motifs (C(OH)–C–C–N with tert-alkyl or cyclic N) is 1. The number of amides is 3. The van der Waals surface area contributed by atoms with Crippen LogP contribution in [0.5, 0.6) is 0 Å². The van der Waals surface area contributed by atoms with Gasteiger partial charge in [-0.15, -0.1) is 0 Å². The first-order chi connectivity index (χ1) is 16.2. The van der Waals surface area contributed by atoms with Crippen LogP contribution in [0.3, 0.4) is 0 Å². The first kappa shape index (κ1) is 22.8. The standard InChI is InChI=1S/C26H31N3O5/c1-25(2,3)29-14-8-12-26-20(23(32)28(15-16-30)21(26)24(29)33)19-18(34-26)11-7-13-27(22(19)31)17-9-5-4-6-10-17/h4-12,18-21,30H,13-16H2,1-3H3/t18-,19+,20-,21?,26-/m0/s1. The highest BCUT2D eigenvalue weighted by Gasteiger charge is 2.72. The molecule has 4 heterocycles. The number of aliphatic hydroxyl groups excluding tert-OH is 1. The van der Waals surface area contributed by atoms with E-state index in [2.05, 4.69) is 0 Å². The average Bonchev–Trinajstić information content (AvgIpc) is 3.09. The third-order valence-corrected chi connectivity index (χ3v) is 7.38. The van der Waals surface area contributed by atoms with E-state index in [-0.39, 0.29) is 30.9 Å². The van der Waals surface area contributed by atoms with Crippen molar-refractivity contribution in [1.29, 1.82) is 0 Å². The van der Waals surface area contributed by atoms with E-state index in [1.165, 1.54) is 4.90 Å². The van der Waals surface area contributed by atoms with Crippen LogP contribution in [0.2, 0.25) is 0 Å². The molecular weight excluding hydrogens is 434 g/mol. The lowest BCUT2D eigenvalue weighted by atomic mass is 9.77. The minimum Gasteiger partial charge on any atom is -0.395 e. The molecule has 0 saturated carbocycles. The smallest absolute Gasteiger partial charge is 0.249 e. The third kappa shape index (κ3) is 3.23. The molecule has 5 rings (SSSR count). The molecule has 1 spiro atoms. The molecule has 34 heavy (non-hydrogen) atoms. The summed E-state index contributed by atoms with van der Waals surface area (Å²) >= 11 is 0. The molecule has 2 saturated heterocycles. The number of fused-ring (bicyclic) bond motifs is 2. The molecule has 3 amide bonds. The fourth-order valence-corrected chi connectivity index (χ4v) is 5.93. The minimum absolute atomic E-state index is 0.00644. The number of ether oxygens (including phenoxy) is 1. The van der Waals surface area contributed by atoms with Crippen molar-refractivity contribution in [1.82, 2.24) is 9.80 Å². The largest absolute Gasteiger partial charge is 0.395 e. The number of likely N-dealkylation sites (tertiary alicyclic amines) is 1. The Morgan fingerprint density at radius 1 is 1.03 bits per heavy atom. The maximum absolute atomic E-state index is 13.9. The van der Waals surface area contributed by atoms with E-state index in [0.29, 0.717) is 13.1 Å². The second kappa shape index (κ2) is 8.06. The summed E-state index contributed by atoms with van der Waals surface area (Å²) in [6.45, 7) is 6.33. The highest BCUT2D eigenvalue weighted by atomic mass is 16.5. The average molecular weight is 466 g/mol. The number of rotatable bonds is 3. The highest BCUT2D eigenvalue weighted by molar-refractivity contribution is 6.03. The molecule has 2 fully saturated rings. The van der Waals surface area contributed by atoms with Crippen LogP contribution in [0.15, 0.2) is 54.6 Å². The van der Waals surface area contributed by atoms with Crippen LogP contribution in [0.25, 0.3) is 0 Å². The van der Waals surface area contributed by atoms with Crippen molar-refractivity contribution in [2.45, 2.75) is 44.1 Å². The number of anilines is 1. The van der Waals surface area contributed by atoms with E-state index >= 15 is 0 Å². The molecule has 5 atom stereocenters. The van der Waals surface area contributed by atoms with Crippen molar-refractivity contribution in [3.05, 3.63) is 54.6 Å². The van der Waals surface area contributed by atoms with Crippen molar-refractivity contribution in [2.24, 2.45) is 11.8 Å². The number of hydrogen-bond donors (Lipinski definition) is 1. The molecule has 1 aromatic carbocycles. The number of nitrogens with zero attached hydrogens (tertiary/aromatic N) is 3. The zero-order valence-corrected chi connectivity index (χ0v) is 19.8. The van der Waals surface area contributed by atoms with Gasteiger partial charge in [0.15, 0.2) is 0 Å². The van der Waals surface area contributed by atoms with Gasteiger partial charge in [0.2, 0.25) is 17.7 Å². The van der Waals surface area contributed by atoms with Crippen molar-refractivity contribution in [2.75, 3.05) is 31.1 Å². The summed E-state index contributed by atoms with van der Waals surface area (Å²) in [7, 11) is 0. The molecule has 0 radical (unpaired) electrons. The van der Waals surface area contributed by atoms with E-state index in [1.807, 2.05) is 75.4 Å². The van der Waals surface area contributed by atoms with Gasteiger partial charge in [-0.2, -0.15) is 0 Å². The number of para-hydroxylation sites is 1. The van der Waals surface area contributed by atoms with Crippen molar-refractivity contribution in [3.8, 4) is 0 Å². The Hall–Kier alpha value is -2.97. The Kier molecular flexibility index (Phi) is 5.41. The lowest BCUT2D eigenvalue weighted by Crippen LogP contribution is -2.59. The maximum Gasteiger partial charge on any atom is 0.249 e. The monoisotopic (exact) mass is 465 g/mol. The minimum atomic E-state index is -1.27. The third-order valence-electron chi connectivity index (χ3n) is 7.38. The Bertz CT molecular complexity index is 1060. The van der Waals surface area contributed by atoms with Gasteiger partial charge in [0.05, 0.1) is 24.5 Å². The molecular formula is C26H31N3O5. The van der Waals surface area contributed by atoms with Gasteiger partial charge in [0.1, 0.15) is 11.6 Å². The molecule has 1 aromatic rings. The highest BCUT2D eigenvalue weighted by Crippen LogP contribution is 2.53. The van der Waals surface area contributed by atoms with Crippen molar-refractivity contribution >= 4 is 23.4 Å². The van der Waals surface area contributed by atoms with E-state index in [4.69, 9.17) is 4.74 Å². The van der Waals surface area contributed by atoms with Gasteiger partial charge in [-0.3, -0.25) is 14.4 Å². The van der Waals surface area contributed by atoms with Crippen LogP contribution in [-0.2, 0) is 19.1 Å². The van der Waals surface area contributed by atoms with Gasteiger partial charge < -0.3 is 24.5 Å². The molecule has 0 aromatic heterocycles. The van der Waals surface area contributed by atoms with Gasteiger partial charge in [-0.05, 0) is 32.9 Å². The molecule has 0 bridgehead atoms. The second-order valence-corrected chi connectivity index (χ2v) is 10.3. The van der Waals surface area contributed by atoms with Crippen LogP contribution >= 0.6 is 0 Å². The van der Waals surface area contributed by atoms with E-state index in [9.17, 15) is 19.5 Å². The molecule has 0 aliphatic carbocycles. The summed E-state index contributed by atoms with van der Waals surface area (Å²) in [5, 5.41) is 9.73. The van der Waals surface area contributed by atoms with Gasteiger partial charge >= 0.3 is 0 Å². The predicted octanol–water partition coefficient (Wildman–Crippen LogP) is 1.36. The Morgan fingerprint density at radius 2 is 1.76 bits per heavy atom. The van der Waals surface area contributed by atoms with Crippen molar-refractivity contribution < 1.29 is 24.2 Å². The van der Waals surface area contributed by atoms with Gasteiger partial charge in [-0.25, -0.2) is 0 Å². The fraction of sp³-hybridized carbons (Fsp3) is 0.500. The number of carbonyl (C=O) groups excluding carboxylic acids is 3. The summed E-state index contributed by atoms with van der Waals surface area (Å²) in [6.07, 6.45) is 6.82. The van der Waals surface area contributed by atoms with E-state index in [0.717, 1.165) is 5.69 Å². The van der Waals surface area contributed by atoms with Gasteiger partial charge in [0.25, 0.3) is 0 Å². The fourth-order valence-electron chi connectivity index (χ4n) is 5.93. The maximum atomic E-state index is 13.9.